The summed E-state index contributed by atoms with van der Waals surface area (Å²) in [6.07, 6.45) is 3.03. The van der Waals surface area contributed by atoms with E-state index in [2.05, 4.69) is 10.3 Å². The number of thioether (sulfide) groups is 1. The van der Waals surface area contributed by atoms with Crippen molar-refractivity contribution in [1.29, 1.82) is 0 Å². The van der Waals surface area contributed by atoms with Crippen LogP contribution in [0.25, 0.3) is 0 Å². The van der Waals surface area contributed by atoms with Crippen molar-refractivity contribution >= 4 is 39.1 Å². The molecule has 1 amide bonds. The molecular weight excluding hydrogens is 314 g/mol. The molecule has 0 fully saturated rings. The number of benzene rings is 1. The van der Waals surface area contributed by atoms with Gasteiger partial charge in [-0.2, -0.15) is 0 Å². The first kappa shape index (κ1) is 15.3. The Morgan fingerprint density at radius 3 is 2.86 bits per heavy atom. The summed E-state index contributed by atoms with van der Waals surface area (Å²) in [6.45, 7) is 0. The molecule has 0 saturated heterocycles. The Hall–Kier alpha value is -2.13. The van der Waals surface area contributed by atoms with E-state index in [1.54, 1.807) is 18.2 Å². The van der Waals surface area contributed by atoms with Crippen molar-refractivity contribution in [3.63, 3.8) is 0 Å². The van der Waals surface area contributed by atoms with E-state index in [-0.39, 0.29) is 10.1 Å². The Labute approximate surface area is 128 Å². The summed E-state index contributed by atoms with van der Waals surface area (Å²) in [4.78, 5) is 27.0. The highest BCUT2D eigenvalue weighted by Crippen LogP contribution is 2.28. The number of ether oxygens (including phenoxy) is 1. The van der Waals surface area contributed by atoms with Crippen molar-refractivity contribution in [2.24, 2.45) is 0 Å². The maximum atomic E-state index is 12.2. The molecule has 7 nitrogen and oxygen atoms in total. The highest BCUT2D eigenvalue weighted by atomic mass is 32.2. The SMILES string of the molecule is COc1cc(SC)ccc1C(=O)Nc1ncc([N+](=O)[O-])s1. The van der Waals surface area contributed by atoms with E-state index in [1.807, 2.05) is 6.26 Å². The smallest absolute Gasteiger partial charge is 0.345 e. The van der Waals surface area contributed by atoms with Crippen LogP contribution in [0.4, 0.5) is 10.1 Å². The molecule has 0 bridgehead atoms. The van der Waals surface area contributed by atoms with Crippen LogP contribution in [-0.2, 0) is 0 Å². The highest BCUT2D eigenvalue weighted by molar-refractivity contribution is 7.98. The predicted molar refractivity (Wildman–Crippen MR) is 81.5 cm³/mol. The highest BCUT2D eigenvalue weighted by Gasteiger charge is 2.17. The maximum Gasteiger partial charge on any atom is 0.345 e. The Bertz CT molecular complexity index is 687. The lowest BCUT2D eigenvalue weighted by molar-refractivity contribution is -0.380. The second kappa shape index (κ2) is 6.55. The first-order valence-corrected chi connectivity index (χ1v) is 7.73. The molecular formula is C12H11N3O4S2. The lowest BCUT2D eigenvalue weighted by Gasteiger charge is -2.09. The molecule has 1 heterocycles. The normalized spacial score (nSPS) is 10.2. The van der Waals surface area contributed by atoms with Crippen molar-refractivity contribution in [2.45, 2.75) is 4.90 Å². The van der Waals surface area contributed by atoms with E-state index in [9.17, 15) is 14.9 Å². The van der Waals surface area contributed by atoms with Crippen LogP contribution in [0.5, 0.6) is 5.75 Å². The van der Waals surface area contributed by atoms with Gasteiger partial charge in [0.15, 0.2) is 5.13 Å². The Balaban J connectivity index is 2.21. The largest absolute Gasteiger partial charge is 0.496 e. The van der Waals surface area contributed by atoms with Gasteiger partial charge in [0.2, 0.25) is 0 Å². The van der Waals surface area contributed by atoms with Crippen molar-refractivity contribution in [3.8, 4) is 5.75 Å². The van der Waals surface area contributed by atoms with Crippen molar-refractivity contribution in [2.75, 3.05) is 18.7 Å². The van der Waals surface area contributed by atoms with Crippen molar-refractivity contribution in [1.82, 2.24) is 4.98 Å². The molecule has 110 valence electrons. The zero-order chi connectivity index (χ0) is 15.4. The van der Waals surface area contributed by atoms with Gasteiger partial charge < -0.3 is 4.74 Å². The number of aromatic nitrogens is 1. The Morgan fingerprint density at radius 2 is 2.29 bits per heavy atom. The molecule has 0 aliphatic carbocycles. The van der Waals surface area contributed by atoms with Gasteiger partial charge in [-0.25, -0.2) is 4.98 Å². The van der Waals surface area contributed by atoms with Gasteiger partial charge in [0.1, 0.15) is 11.9 Å². The molecule has 0 aliphatic heterocycles. The molecule has 0 aliphatic rings. The van der Waals surface area contributed by atoms with Gasteiger partial charge >= 0.3 is 5.00 Å². The van der Waals surface area contributed by atoms with Crippen LogP contribution in [0.2, 0.25) is 0 Å². The summed E-state index contributed by atoms with van der Waals surface area (Å²) in [7, 11) is 1.48. The zero-order valence-electron chi connectivity index (χ0n) is 11.2. The molecule has 21 heavy (non-hydrogen) atoms. The van der Waals surface area contributed by atoms with E-state index in [4.69, 9.17) is 4.74 Å². The lowest BCUT2D eigenvalue weighted by Crippen LogP contribution is -2.13. The van der Waals surface area contributed by atoms with Gasteiger partial charge in [-0.05, 0) is 35.8 Å². The molecule has 0 atom stereocenters. The quantitative estimate of drug-likeness (QED) is 0.516. The second-order valence-electron chi connectivity index (χ2n) is 3.78. The van der Waals surface area contributed by atoms with Crippen molar-refractivity contribution in [3.05, 3.63) is 40.1 Å². The standard InChI is InChI=1S/C12H11N3O4S2/c1-19-9-5-7(20-2)3-4-8(9)11(16)14-12-13-6-10(21-12)15(17)18/h3-6H,1-2H3,(H,13,14,16). The van der Waals surface area contributed by atoms with E-state index < -0.39 is 10.8 Å². The number of carbonyl (C=O) groups excluding carboxylic acids is 1. The number of hydrogen-bond donors (Lipinski definition) is 1. The topological polar surface area (TPSA) is 94.4 Å². The monoisotopic (exact) mass is 325 g/mol. The summed E-state index contributed by atoms with van der Waals surface area (Å²) >= 11 is 2.33. The number of nitro groups is 1. The number of methoxy groups -OCH3 is 1. The summed E-state index contributed by atoms with van der Waals surface area (Å²) in [5.41, 5.74) is 0.341. The van der Waals surface area contributed by atoms with Crippen molar-refractivity contribution < 1.29 is 14.5 Å². The maximum absolute atomic E-state index is 12.2. The molecule has 2 aromatic rings. The average Bonchev–Trinajstić information content (AvgIpc) is 2.95. The molecule has 0 spiro atoms. The van der Waals surface area contributed by atoms with Crippen LogP contribution in [-0.4, -0.2) is 29.2 Å². The van der Waals surface area contributed by atoms with Crippen LogP contribution in [0.1, 0.15) is 10.4 Å². The lowest BCUT2D eigenvalue weighted by atomic mass is 10.2. The third kappa shape index (κ3) is 3.50. The molecule has 0 saturated carbocycles. The Kier molecular flexibility index (Phi) is 4.76. The molecule has 1 aromatic heterocycles. The van der Waals surface area contributed by atoms with Gasteiger partial charge in [0, 0.05) is 4.90 Å². The van der Waals surface area contributed by atoms with Crippen LogP contribution in [0.3, 0.4) is 0 Å². The van der Waals surface area contributed by atoms with E-state index in [1.165, 1.54) is 18.9 Å². The average molecular weight is 325 g/mol. The van der Waals surface area contributed by atoms with Gasteiger partial charge in [0.25, 0.3) is 5.91 Å². The van der Waals surface area contributed by atoms with E-state index >= 15 is 0 Å². The first-order valence-electron chi connectivity index (χ1n) is 5.68. The Morgan fingerprint density at radius 1 is 1.52 bits per heavy atom. The fourth-order valence-electron chi connectivity index (χ4n) is 1.56. The van der Waals surface area contributed by atoms with E-state index in [0.717, 1.165) is 22.4 Å². The minimum absolute atomic E-state index is 0.130. The third-order valence-electron chi connectivity index (χ3n) is 2.55. The number of hydrogen-bond acceptors (Lipinski definition) is 7. The van der Waals surface area contributed by atoms with Crippen LogP contribution >= 0.6 is 23.1 Å². The number of anilines is 1. The van der Waals surface area contributed by atoms with Gasteiger partial charge in [0.05, 0.1) is 17.6 Å². The molecule has 9 heteroatoms. The minimum atomic E-state index is -0.554. The number of nitrogens with one attached hydrogen (secondary N) is 1. The summed E-state index contributed by atoms with van der Waals surface area (Å²) in [5.74, 6) is 0.00848. The minimum Gasteiger partial charge on any atom is -0.496 e. The molecule has 0 radical (unpaired) electrons. The molecule has 1 N–H and O–H groups in total. The molecule has 1 aromatic carbocycles. The van der Waals surface area contributed by atoms with Crippen LogP contribution in [0.15, 0.2) is 29.3 Å². The van der Waals surface area contributed by atoms with E-state index in [0.29, 0.717) is 11.3 Å². The first-order chi connectivity index (χ1) is 10.0. The number of amides is 1. The number of thiazole rings is 1. The fourth-order valence-corrected chi connectivity index (χ4v) is 2.61. The fraction of sp³-hybridized carbons (Fsp3) is 0.167. The summed E-state index contributed by atoms with van der Waals surface area (Å²) in [5, 5.41) is 13.1. The summed E-state index contributed by atoms with van der Waals surface area (Å²) < 4.78 is 5.19. The van der Waals surface area contributed by atoms with Crippen LogP contribution in [0, 0.1) is 10.1 Å². The predicted octanol–water partition coefficient (Wildman–Crippen LogP) is 3.03. The number of rotatable bonds is 5. The zero-order valence-corrected chi connectivity index (χ0v) is 12.8. The summed E-state index contributed by atoms with van der Waals surface area (Å²) in [6, 6.07) is 5.19. The van der Waals surface area contributed by atoms with Crippen LogP contribution < -0.4 is 10.1 Å². The van der Waals surface area contributed by atoms with Gasteiger partial charge in [-0.3, -0.25) is 20.2 Å². The van der Waals surface area contributed by atoms with Gasteiger partial charge in [-0.15, -0.1) is 11.8 Å². The molecule has 2 rings (SSSR count). The number of carbonyl (C=O) groups is 1. The second-order valence-corrected chi connectivity index (χ2v) is 5.67. The molecule has 0 unspecified atom stereocenters. The number of nitrogens with zero attached hydrogens (tertiary/aromatic N) is 2. The van der Waals surface area contributed by atoms with Gasteiger partial charge in [-0.1, -0.05) is 0 Å². The third-order valence-corrected chi connectivity index (χ3v) is 4.14.